The summed E-state index contributed by atoms with van der Waals surface area (Å²) in [5, 5.41) is 18.7. The van der Waals surface area contributed by atoms with Crippen molar-refractivity contribution in [3.63, 3.8) is 0 Å². The van der Waals surface area contributed by atoms with Gasteiger partial charge in [-0.1, -0.05) is 0 Å². The van der Waals surface area contributed by atoms with Crippen molar-refractivity contribution in [3.05, 3.63) is 33.6 Å². The minimum Gasteiger partial charge on any atom is -0.476 e. The summed E-state index contributed by atoms with van der Waals surface area (Å²) in [4.78, 5) is 9.77. The average Bonchev–Trinajstić information content (AvgIpc) is 2.18. The van der Waals surface area contributed by atoms with E-state index in [4.69, 9.17) is 10.00 Å². The molecule has 0 saturated heterocycles. The van der Waals surface area contributed by atoms with E-state index in [-0.39, 0.29) is 23.6 Å². The summed E-state index contributed by atoms with van der Waals surface area (Å²) in [7, 11) is 0. The summed E-state index contributed by atoms with van der Waals surface area (Å²) in [6.45, 7) is 1.17. The van der Waals surface area contributed by atoms with E-state index in [9.17, 15) is 14.5 Å². The zero-order chi connectivity index (χ0) is 11.4. The molecule has 0 aliphatic carbocycles. The second kappa shape index (κ2) is 4.37. The number of nitriles is 1. The van der Waals surface area contributed by atoms with Gasteiger partial charge in [0.05, 0.1) is 11.0 Å². The number of benzene rings is 1. The smallest absolute Gasteiger partial charge is 0.275 e. The maximum Gasteiger partial charge on any atom is 0.275 e. The summed E-state index contributed by atoms with van der Waals surface area (Å²) in [6, 6.07) is 3.66. The van der Waals surface area contributed by atoms with E-state index in [2.05, 4.69) is 0 Å². The van der Waals surface area contributed by atoms with Gasteiger partial charge >= 0.3 is 0 Å². The molecule has 0 atom stereocenters. The van der Waals surface area contributed by atoms with Crippen molar-refractivity contribution in [2.75, 3.05) is 6.61 Å². The van der Waals surface area contributed by atoms with E-state index >= 15 is 0 Å². The van der Waals surface area contributed by atoms with Crippen molar-refractivity contribution in [2.24, 2.45) is 0 Å². The molecule has 0 saturated carbocycles. The lowest BCUT2D eigenvalue weighted by Crippen LogP contribution is -1.99. The lowest BCUT2D eigenvalue weighted by Gasteiger charge is -2.04. The van der Waals surface area contributed by atoms with Crippen molar-refractivity contribution in [1.82, 2.24) is 0 Å². The molecule has 78 valence electrons. The Kier molecular flexibility index (Phi) is 3.18. The highest BCUT2D eigenvalue weighted by Crippen LogP contribution is 2.26. The van der Waals surface area contributed by atoms with Gasteiger partial charge in [0, 0.05) is 5.56 Å². The van der Waals surface area contributed by atoms with Gasteiger partial charge in [0.2, 0.25) is 0 Å². The van der Waals surface area contributed by atoms with E-state index in [1.165, 1.54) is 13.0 Å². The largest absolute Gasteiger partial charge is 0.476 e. The van der Waals surface area contributed by atoms with Crippen LogP contribution in [0.2, 0.25) is 0 Å². The quantitative estimate of drug-likeness (QED) is 0.564. The first-order chi connectivity index (χ1) is 7.06. The molecule has 1 aromatic carbocycles. The average molecular weight is 210 g/mol. The molecular formula is C9H7FN2O3. The first-order valence-corrected chi connectivity index (χ1v) is 4.00. The van der Waals surface area contributed by atoms with Crippen LogP contribution in [0.5, 0.6) is 5.75 Å². The molecule has 0 aromatic heterocycles. The number of nitro benzene ring substituents is 1. The van der Waals surface area contributed by atoms with Crippen molar-refractivity contribution < 1.29 is 14.1 Å². The molecule has 0 N–H and O–H groups in total. The number of hydrogen-bond donors (Lipinski definition) is 0. The maximum atomic E-state index is 13.2. The van der Waals surface area contributed by atoms with E-state index in [0.29, 0.717) is 0 Å². The van der Waals surface area contributed by atoms with Crippen LogP contribution in [-0.2, 0) is 0 Å². The van der Waals surface area contributed by atoms with Crippen LogP contribution >= 0.6 is 0 Å². The van der Waals surface area contributed by atoms with Crippen molar-refractivity contribution in [3.8, 4) is 11.8 Å². The number of nitro groups is 1. The van der Waals surface area contributed by atoms with E-state index in [1.807, 2.05) is 0 Å². The van der Waals surface area contributed by atoms with Gasteiger partial charge in [0.25, 0.3) is 5.69 Å². The van der Waals surface area contributed by atoms with Crippen molar-refractivity contribution in [2.45, 2.75) is 6.92 Å². The van der Waals surface area contributed by atoms with Crippen LogP contribution in [-0.4, -0.2) is 11.5 Å². The third-order valence-corrected chi connectivity index (χ3v) is 1.74. The molecule has 1 aromatic rings. The summed E-state index contributed by atoms with van der Waals surface area (Å²) in [5.74, 6) is -0.998. The normalized spacial score (nSPS) is 9.40. The Balaban J connectivity index is 3.09. The summed E-state index contributed by atoms with van der Waals surface area (Å²) in [6.07, 6.45) is 0. The molecule has 0 bridgehead atoms. The van der Waals surface area contributed by atoms with E-state index in [0.717, 1.165) is 6.07 Å². The molecule has 0 fully saturated rings. The number of nitrogens with zero attached hydrogens (tertiary/aromatic N) is 2. The third kappa shape index (κ3) is 2.40. The minimum absolute atomic E-state index is 0.153. The molecular weight excluding hydrogens is 203 g/mol. The van der Waals surface area contributed by atoms with Crippen LogP contribution in [0, 0.1) is 34.2 Å². The Hall–Kier alpha value is -2.16. The molecule has 15 heavy (non-hydrogen) atoms. The second-order valence-electron chi connectivity index (χ2n) is 2.77. The molecule has 0 amide bonds. The van der Waals surface area contributed by atoms with Gasteiger partial charge in [-0.3, -0.25) is 10.1 Å². The van der Waals surface area contributed by atoms with Gasteiger partial charge in [-0.05, 0) is 13.0 Å². The lowest BCUT2D eigenvalue weighted by atomic mass is 10.2. The summed E-state index contributed by atoms with van der Waals surface area (Å²) in [5.41, 5.74) is -0.0221. The third-order valence-electron chi connectivity index (χ3n) is 1.74. The highest BCUT2D eigenvalue weighted by Gasteiger charge is 2.15. The Bertz CT molecular complexity index is 440. The maximum absolute atomic E-state index is 13.2. The summed E-state index contributed by atoms with van der Waals surface area (Å²) >= 11 is 0. The Labute approximate surface area is 84.9 Å². The van der Waals surface area contributed by atoms with Gasteiger partial charge in [0.1, 0.15) is 6.07 Å². The fourth-order valence-electron chi connectivity index (χ4n) is 1.06. The zero-order valence-corrected chi connectivity index (χ0v) is 7.86. The van der Waals surface area contributed by atoms with E-state index < -0.39 is 10.7 Å². The Morgan fingerprint density at radius 3 is 2.87 bits per heavy atom. The number of aryl methyl sites for hydroxylation is 1. The molecule has 6 heteroatoms. The zero-order valence-electron chi connectivity index (χ0n) is 7.86. The highest BCUT2D eigenvalue weighted by atomic mass is 19.1. The van der Waals surface area contributed by atoms with Gasteiger partial charge < -0.3 is 4.74 Å². The molecule has 0 unspecified atom stereocenters. The predicted molar refractivity (Wildman–Crippen MR) is 48.9 cm³/mol. The topological polar surface area (TPSA) is 76.2 Å². The van der Waals surface area contributed by atoms with E-state index in [1.54, 1.807) is 6.07 Å². The fourth-order valence-corrected chi connectivity index (χ4v) is 1.06. The van der Waals surface area contributed by atoms with Crippen molar-refractivity contribution >= 4 is 5.69 Å². The lowest BCUT2D eigenvalue weighted by molar-refractivity contribution is -0.385. The van der Waals surface area contributed by atoms with Crippen LogP contribution in [0.4, 0.5) is 10.1 Å². The first-order valence-electron chi connectivity index (χ1n) is 4.00. The monoisotopic (exact) mass is 210 g/mol. The number of ether oxygens (including phenoxy) is 1. The standard InChI is InChI=1S/C9H7FN2O3/c1-6-4-9(15-3-2-11)7(10)5-8(6)12(13)14/h4-5H,3H2,1H3. The highest BCUT2D eigenvalue weighted by molar-refractivity contribution is 5.45. The Morgan fingerprint density at radius 2 is 2.33 bits per heavy atom. The molecule has 0 heterocycles. The van der Waals surface area contributed by atoms with Gasteiger partial charge in [-0.2, -0.15) is 5.26 Å². The number of hydrogen-bond acceptors (Lipinski definition) is 4. The van der Waals surface area contributed by atoms with Gasteiger partial charge in [-0.15, -0.1) is 0 Å². The number of halogens is 1. The predicted octanol–water partition coefficient (Wildman–Crippen LogP) is 1.94. The molecule has 0 spiro atoms. The molecule has 1 rings (SSSR count). The minimum atomic E-state index is -0.845. The fraction of sp³-hybridized carbons (Fsp3) is 0.222. The molecule has 0 aliphatic rings. The van der Waals surface area contributed by atoms with Crippen LogP contribution in [0.25, 0.3) is 0 Å². The first kappa shape index (κ1) is 10.9. The van der Waals surface area contributed by atoms with Crippen LogP contribution < -0.4 is 4.74 Å². The Morgan fingerprint density at radius 1 is 1.67 bits per heavy atom. The molecule has 0 aliphatic heterocycles. The molecule has 5 nitrogen and oxygen atoms in total. The van der Waals surface area contributed by atoms with Gasteiger partial charge in [-0.25, -0.2) is 4.39 Å². The molecule has 0 radical (unpaired) electrons. The second-order valence-corrected chi connectivity index (χ2v) is 2.77. The number of rotatable bonds is 3. The van der Waals surface area contributed by atoms with Crippen LogP contribution in [0.3, 0.4) is 0 Å². The van der Waals surface area contributed by atoms with Gasteiger partial charge in [0.15, 0.2) is 18.2 Å². The van der Waals surface area contributed by atoms with Crippen LogP contribution in [0.1, 0.15) is 5.56 Å². The van der Waals surface area contributed by atoms with Crippen LogP contribution in [0.15, 0.2) is 12.1 Å². The van der Waals surface area contributed by atoms with Crippen molar-refractivity contribution in [1.29, 1.82) is 5.26 Å². The SMILES string of the molecule is Cc1cc(OCC#N)c(F)cc1[N+](=O)[O-]. The summed E-state index contributed by atoms with van der Waals surface area (Å²) < 4.78 is 17.9.